The van der Waals surface area contributed by atoms with Gasteiger partial charge in [0.1, 0.15) is 6.04 Å². The van der Waals surface area contributed by atoms with E-state index in [0.717, 1.165) is 5.56 Å². The highest BCUT2D eigenvalue weighted by Gasteiger charge is 2.32. The second kappa shape index (κ2) is 6.94. The van der Waals surface area contributed by atoms with Crippen LogP contribution in [0.4, 0.5) is 0 Å². The molecule has 0 bridgehead atoms. The third-order valence-electron chi connectivity index (χ3n) is 3.72. The lowest BCUT2D eigenvalue weighted by atomic mass is 10.0. The first-order chi connectivity index (χ1) is 10.1. The Hall–Kier alpha value is -2.28. The quantitative estimate of drug-likeness (QED) is 0.849. The van der Waals surface area contributed by atoms with Crippen molar-refractivity contribution in [1.29, 1.82) is 0 Å². The smallest absolute Gasteiger partial charge is 0.245 e. The summed E-state index contributed by atoms with van der Waals surface area (Å²) in [6.07, 6.45) is 6.66. The summed E-state index contributed by atoms with van der Waals surface area (Å²) in [5, 5.41) is 2.82. The molecule has 1 aromatic carbocycles. The van der Waals surface area contributed by atoms with Gasteiger partial charge in [0.15, 0.2) is 0 Å². The van der Waals surface area contributed by atoms with Gasteiger partial charge in [-0.05, 0) is 12.5 Å². The predicted molar refractivity (Wildman–Crippen MR) is 81.3 cm³/mol. The molecule has 1 aliphatic rings. The average molecular weight is 284 g/mol. The van der Waals surface area contributed by atoms with Crippen LogP contribution in [-0.4, -0.2) is 35.3 Å². The van der Waals surface area contributed by atoms with Crippen molar-refractivity contribution in [1.82, 2.24) is 10.2 Å². The Morgan fingerprint density at radius 3 is 2.76 bits per heavy atom. The average Bonchev–Trinajstić information content (AvgIpc) is 2.60. The van der Waals surface area contributed by atoms with E-state index in [1.54, 1.807) is 4.90 Å². The SMILES string of the molecule is C#CCC(C)N1CCC(=O)NC(Cc2ccccc2)C1=O. The maximum absolute atomic E-state index is 12.7. The Kier molecular flexibility index (Phi) is 4.99. The molecule has 1 N–H and O–H groups in total. The molecule has 2 unspecified atom stereocenters. The number of nitrogens with zero attached hydrogens (tertiary/aromatic N) is 1. The maximum Gasteiger partial charge on any atom is 0.245 e. The van der Waals surface area contributed by atoms with Crippen LogP contribution < -0.4 is 5.32 Å². The Balaban J connectivity index is 2.16. The molecule has 0 aromatic heterocycles. The number of rotatable bonds is 4. The van der Waals surface area contributed by atoms with Crippen LogP contribution in [0.2, 0.25) is 0 Å². The van der Waals surface area contributed by atoms with Gasteiger partial charge in [0.2, 0.25) is 11.8 Å². The molecule has 1 fully saturated rings. The fraction of sp³-hybridized carbons (Fsp3) is 0.412. The van der Waals surface area contributed by atoms with Crippen LogP contribution in [0.3, 0.4) is 0 Å². The van der Waals surface area contributed by atoms with E-state index in [4.69, 9.17) is 6.42 Å². The van der Waals surface area contributed by atoms with Crippen LogP contribution in [0.25, 0.3) is 0 Å². The largest absolute Gasteiger partial charge is 0.344 e. The molecular formula is C17H20N2O2. The Morgan fingerprint density at radius 2 is 2.10 bits per heavy atom. The Bertz CT molecular complexity index is 548. The summed E-state index contributed by atoms with van der Waals surface area (Å²) in [5.41, 5.74) is 1.03. The van der Waals surface area contributed by atoms with E-state index in [1.807, 2.05) is 37.3 Å². The second-order valence-electron chi connectivity index (χ2n) is 5.35. The maximum atomic E-state index is 12.7. The number of benzene rings is 1. The number of carbonyl (C=O) groups excluding carboxylic acids is 2. The molecule has 1 heterocycles. The first-order valence-corrected chi connectivity index (χ1v) is 7.19. The minimum Gasteiger partial charge on any atom is -0.344 e. The monoisotopic (exact) mass is 284 g/mol. The molecule has 21 heavy (non-hydrogen) atoms. The van der Waals surface area contributed by atoms with Gasteiger partial charge in [-0.3, -0.25) is 9.59 Å². The molecule has 1 aromatic rings. The molecule has 0 radical (unpaired) electrons. The van der Waals surface area contributed by atoms with Crippen LogP contribution >= 0.6 is 0 Å². The first kappa shape index (κ1) is 15.1. The van der Waals surface area contributed by atoms with Crippen molar-refractivity contribution in [3.05, 3.63) is 35.9 Å². The molecule has 2 amide bonds. The zero-order valence-corrected chi connectivity index (χ0v) is 12.2. The van der Waals surface area contributed by atoms with Gasteiger partial charge >= 0.3 is 0 Å². The fourth-order valence-corrected chi connectivity index (χ4v) is 2.57. The molecule has 1 aliphatic heterocycles. The van der Waals surface area contributed by atoms with Crippen LogP contribution in [0.5, 0.6) is 0 Å². The van der Waals surface area contributed by atoms with Crippen molar-refractivity contribution < 1.29 is 9.59 Å². The van der Waals surface area contributed by atoms with Crippen molar-refractivity contribution in [2.45, 2.75) is 38.3 Å². The standard InChI is InChI=1S/C17H20N2O2/c1-3-7-13(2)19-11-10-16(20)18-15(17(19)21)12-14-8-5-4-6-9-14/h1,4-6,8-9,13,15H,7,10-12H2,2H3,(H,18,20). The zero-order chi connectivity index (χ0) is 15.2. The van der Waals surface area contributed by atoms with E-state index in [2.05, 4.69) is 11.2 Å². The van der Waals surface area contributed by atoms with Gasteiger partial charge < -0.3 is 10.2 Å². The number of hydrogen-bond donors (Lipinski definition) is 1. The van der Waals surface area contributed by atoms with Crippen LogP contribution in [0.1, 0.15) is 25.3 Å². The van der Waals surface area contributed by atoms with Crippen molar-refractivity contribution >= 4 is 11.8 Å². The van der Waals surface area contributed by atoms with Crippen LogP contribution in [-0.2, 0) is 16.0 Å². The Morgan fingerprint density at radius 1 is 1.38 bits per heavy atom. The second-order valence-corrected chi connectivity index (χ2v) is 5.35. The van der Waals surface area contributed by atoms with Gasteiger partial charge in [-0.25, -0.2) is 0 Å². The topological polar surface area (TPSA) is 49.4 Å². The summed E-state index contributed by atoms with van der Waals surface area (Å²) >= 11 is 0. The van der Waals surface area contributed by atoms with Crippen molar-refractivity contribution in [3.8, 4) is 12.3 Å². The summed E-state index contributed by atoms with van der Waals surface area (Å²) < 4.78 is 0. The van der Waals surface area contributed by atoms with Crippen LogP contribution in [0.15, 0.2) is 30.3 Å². The zero-order valence-electron chi connectivity index (χ0n) is 12.2. The van der Waals surface area contributed by atoms with Gasteiger partial charge in [0.05, 0.1) is 0 Å². The number of terminal acetylenes is 1. The Labute approximate surface area is 125 Å². The number of nitrogens with one attached hydrogen (secondary N) is 1. The molecule has 110 valence electrons. The summed E-state index contributed by atoms with van der Waals surface area (Å²) in [5.74, 6) is 2.45. The molecule has 0 aliphatic carbocycles. The van der Waals surface area contributed by atoms with E-state index in [0.29, 0.717) is 25.8 Å². The van der Waals surface area contributed by atoms with E-state index in [1.165, 1.54) is 0 Å². The highest BCUT2D eigenvalue weighted by molar-refractivity contribution is 5.90. The lowest BCUT2D eigenvalue weighted by molar-refractivity contribution is -0.135. The van der Waals surface area contributed by atoms with E-state index in [-0.39, 0.29) is 17.9 Å². The van der Waals surface area contributed by atoms with Gasteiger partial charge in [-0.2, -0.15) is 0 Å². The van der Waals surface area contributed by atoms with Gasteiger partial charge in [-0.1, -0.05) is 30.3 Å². The molecule has 0 spiro atoms. The lowest BCUT2D eigenvalue weighted by Crippen LogP contribution is -2.48. The normalized spacial score (nSPS) is 20.4. The minimum absolute atomic E-state index is 0.0477. The molecule has 0 saturated carbocycles. The highest BCUT2D eigenvalue weighted by Crippen LogP contribution is 2.14. The third kappa shape index (κ3) is 3.85. The van der Waals surface area contributed by atoms with E-state index in [9.17, 15) is 9.59 Å². The summed E-state index contributed by atoms with van der Waals surface area (Å²) in [4.78, 5) is 26.2. The predicted octanol–water partition coefficient (Wildman–Crippen LogP) is 1.36. The summed E-state index contributed by atoms with van der Waals surface area (Å²) in [6, 6.07) is 9.14. The van der Waals surface area contributed by atoms with E-state index < -0.39 is 6.04 Å². The lowest BCUT2D eigenvalue weighted by Gasteiger charge is -2.29. The molecule has 4 heteroatoms. The van der Waals surface area contributed by atoms with Crippen molar-refractivity contribution in [2.75, 3.05) is 6.54 Å². The van der Waals surface area contributed by atoms with Crippen molar-refractivity contribution in [2.24, 2.45) is 0 Å². The molecule has 2 atom stereocenters. The van der Waals surface area contributed by atoms with Crippen molar-refractivity contribution in [3.63, 3.8) is 0 Å². The summed E-state index contributed by atoms with van der Waals surface area (Å²) in [7, 11) is 0. The minimum atomic E-state index is -0.511. The van der Waals surface area contributed by atoms with Gasteiger partial charge in [0, 0.05) is 31.8 Å². The number of amides is 2. The molecule has 1 saturated heterocycles. The number of hydrogen-bond acceptors (Lipinski definition) is 2. The fourth-order valence-electron chi connectivity index (χ4n) is 2.57. The number of carbonyl (C=O) groups is 2. The van der Waals surface area contributed by atoms with E-state index >= 15 is 0 Å². The first-order valence-electron chi connectivity index (χ1n) is 7.19. The van der Waals surface area contributed by atoms with Gasteiger partial charge in [0.25, 0.3) is 0 Å². The summed E-state index contributed by atoms with van der Waals surface area (Å²) in [6.45, 7) is 2.35. The third-order valence-corrected chi connectivity index (χ3v) is 3.72. The van der Waals surface area contributed by atoms with Gasteiger partial charge in [-0.15, -0.1) is 12.3 Å². The molecular weight excluding hydrogens is 264 g/mol. The highest BCUT2D eigenvalue weighted by atomic mass is 16.2. The molecule has 2 rings (SSSR count). The molecule has 4 nitrogen and oxygen atoms in total. The van der Waals surface area contributed by atoms with Crippen LogP contribution in [0, 0.1) is 12.3 Å².